The van der Waals surface area contributed by atoms with Crippen molar-refractivity contribution >= 4 is 11.7 Å². The second kappa shape index (κ2) is 7.75. The van der Waals surface area contributed by atoms with Gasteiger partial charge in [-0.3, -0.25) is 4.79 Å². The molecule has 32 heavy (non-hydrogen) atoms. The first-order valence-corrected chi connectivity index (χ1v) is 10.5. The molecule has 0 unspecified atom stereocenters. The van der Waals surface area contributed by atoms with Crippen molar-refractivity contribution in [3.05, 3.63) is 76.1 Å². The Kier molecular flexibility index (Phi) is 4.89. The smallest absolute Gasteiger partial charge is 0.233 e. The molecule has 3 aromatic rings. The molecule has 0 amide bonds. The van der Waals surface area contributed by atoms with E-state index in [0.29, 0.717) is 35.8 Å². The molecule has 2 N–H and O–H groups in total. The summed E-state index contributed by atoms with van der Waals surface area (Å²) < 4.78 is 16.6. The lowest BCUT2D eigenvalue weighted by Gasteiger charge is -2.35. The number of phenolic OH excluding ortho intramolecular Hbond substituents is 1. The predicted molar refractivity (Wildman–Crippen MR) is 118 cm³/mol. The van der Waals surface area contributed by atoms with Crippen molar-refractivity contribution in [1.29, 1.82) is 0 Å². The molecule has 2 atom stereocenters. The number of carbonyl (C=O) groups excluding carboxylic acids is 1. The number of fused-ring (bicyclic) bond motifs is 1. The second-order valence-electron chi connectivity index (χ2n) is 8.16. The third-order valence-electron chi connectivity index (χ3n) is 6.39. The van der Waals surface area contributed by atoms with E-state index in [4.69, 9.17) is 14.0 Å². The standard InChI is InChI=1S/C25H24N2O5/c1-13-22-23(17-9-8-15(30-2)12-21(17)31-3)24-18(26-25(22)32-27-13)10-14(11-20(24)29)16-6-4-5-7-19(16)28/h4-9,12,14,23,26,28H,10-11H2,1-3H3/t14-,23-/m1/s1. The van der Waals surface area contributed by atoms with E-state index in [-0.39, 0.29) is 23.4 Å². The molecule has 2 aliphatic rings. The van der Waals surface area contributed by atoms with Crippen LogP contribution in [0.5, 0.6) is 17.2 Å². The van der Waals surface area contributed by atoms with Crippen LogP contribution in [0.3, 0.4) is 0 Å². The van der Waals surface area contributed by atoms with Crippen LogP contribution in [0.15, 0.2) is 58.3 Å². The summed E-state index contributed by atoms with van der Waals surface area (Å²) in [7, 11) is 3.21. The molecule has 0 radical (unpaired) electrons. The minimum Gasteiger partial charge on any atom is -0.508 e. The summed E-state index contributed by atoms with van der Waals surface area (Å²) in [6.07, 6.45) is 0.888. The Morgan fingerprint density at radius 2 is 1.91 bits per heavy atom. The van der Waals surface area contributed by atoms with Crippen molar-refractivity contribution < 1.29 is 23.9 Å². The van der Waals surface area contributed by atoms with Gasteiger partial charge in [-0.1, -0.05) is 29.4 Å². The number of para-hydroxylation sites is 1. The summed E-state index contributed by atoms with van der Waals surface area (Å²) in [5.74, 6) is 1.58. The summed E-state index contributed by atoms with van der Waals surface area (Å²) in [6.45, 7) is 1.87. The number of allylic oxidation sites excluding steroid dienone is 2. The number of aryl methyl sites for hydroxylation is 1. The Morgan fingerprint density at radius 1 is 1.09 bits per heavy atom. The van der Waals surface area contributed by atoms with Gasteiger partial charge in [0.25, 0.3) is 0 Å². The van der Waals surface area contributed by atoms with E-state index in [1.165, 1.54) is 0 Å². The van der Waals surface area contributed by atoms with Crippen LogP contribution in [0.25, 0.3) is 0 Å². The Balaban J connectivity index is 1.66. The molecule has 1 aliphatic heterocycles. The molecule has 0 saturated heterocycles. The van der Waals surface area contributed by atoms with Crippen molar-refractivity contribution in [2.45, 2.75) is 31.6 Å². The molecule has 164 valence electrons. The van der Waals surface area contributed by atoms with E-state index >= 15 is 0 Å². The fraction of sp³-hybridized carbons (Fsp3) is 0.280. The number of hydrogen-bond donors (Lipinski definition) is 2. The Hall–Kier alpha value is -3.74. The lowest BCUT2D eigenvalue weighted by molar-refractivity contribution is -0.116. The molecule has 0 bridgehead atoms. The highest BCUT2D eigenvalue weighted by molar-refractivity contribution is 6.01. The molecular formula is C25H24N2O5. The summed E-state index contributed by atoms with van der Waals surface area (Å²) in [4.78, 5) is 13.6. The first-order valence-electron chi connectivity index (χ1n) is 10.5. The molecule has 5 rings (SSSR count). The molecular weight excluding hydrogens is 408 g/mol. The fourth-order valence-electron chi connectivity index (χ4n) is 4.89. The molecule has 0 spiro atoms. The number of aromatic hydroxyl groups is 1. The summed E-state index contributed by atoms with van der Waals surface area (Å²) in [6, 6.07) is 12.8. The quantitative estimate of drug-likeness (QED) is 0.619. The number of aromatic nitrogens is 1. The lowest BCUT2D eigenvalue weighted by Crippen LogP contribution is -2.29. The SMILES string of the molecule is COc1ccc([C@H]2C3=C(C[C@@H](c4ccccc4O)CC3=O)Nc3onc(C)c32)c(OC)c1. The van der Waals surface area contributed by atoms with E-state index in [9.17, 15) is 9.90 Å². The van der Waals surface area contributed by atoms with E-state index < -0.39 is 0 Å². The van der Waals surface area contributed by atoms with Gasteiger partial charge in [0, 0.05) is 35.2 Å². The van der Waals surface area contributed by atoms with Gasteiger partial charge in [0.05, 0.1) is 31.4 Å². The van der Waals surface area contributed by atoms with Crippen molar-refractivity contribution in [3.8, 4) is 17.2 Å². The third kappa shape index (κ3) is 3.12. The molecule has 7 nitrogen and oxygen atoms in total. The van der Waals surface area contributed by atoms with Crippen molar-refractivity contribution in [2.75, 3.05) is 19.5 Å². The largest absolute Gasteiger partial charge is 0.508 e. The second-order valence-corrected chi connectivity index (χ2v) is 8.16. The zero-order valence-corrected chi connectivity index (χ0v) is 18.1. The molecule has 0 fully saturated rings. The number of ether oxygens (including phenoxy) is 2. The molecule has 1 aromatic heterocycles. The summed E-state index contributed by atoms with van der Waals surface area (Å²) in [5, 5.41) is 17.8. The zero-order valence-electron chi connectivity index (χ0n) is 18.1. The minimum atomic E-state index is -0.369. The zero-order chi connectivity index (χ0) is 22.4. The van der Waals surface area contributed by atoms with Gasteiger partial charge in [-0.15, -0.1) is 0 Å². The topological polar surface area (TPSA) is 93.8 Å². The van der Waals surface area contributed by atoms with Crippen LogP contribution in [0.4, 0.5) is 5.88 Å². The van der Waals surface area contributed by atoms with Gasteiger partial charge in [0.1, 0.15) is 17.2 Å². The normalized spacial score (nSPS) is 19.8. The van der Waals surface area contributed by atoms with Crippen LogP contribution < -0.4 is 14.8 Å². The minimum absolute atomic E-state index is 0.0288. The maximum Gasteiger partial charge on any atom is 0.233 e. The van der Waals surface area contributed by atoms with E-state index in [0.717, 1.165) is 28.1 Å². The van der Waals surface area contributed by atoms with E-state index in [1.807, 2.05) is 37.3 Å². The number of methoxy groups -OCH3 is 2. The number of Topliss-reactive ketones (excluding diaryl/α,β-unsaturated/α-hetero) is 1. The number of anilines is 1. The van der Waals surface area contributed by atoms with Crippen LogP contribution >= 0.6 is 0 Å². The number of carbonyl (C=O) groups is 1. The number of ketones is 1. The van der Waals surface area contributed by atoms with E-state index in [2.05, 4.69) is 10.5 Å². The molecule has 1 aliphatic carbocycles. The maximum absolute atomic E-state index is 13.6. The van der Waals surface area contributed by atoms with Gasteiger partial charge in [0.15, 0.2) is 5.78 Å². The Labute approximate surface area is 185 Å². The van der Waals surface area contributed by atoms with Crippen LogP contribution in [0.1, 0.15) is 47.1 Å². The average molecular weight is 432 g/mol. The number of rotatable bonds is 4. The number of benzene rings is 2. The van der Waals surface area contributed by atoms with E-state index in [1.54, 1.807) is 26.4 Å². The van der Waals surface area contributed by atoms with Crippen LogP contribution in [0, 0.1) is 6.92 Å². The van der Waals surface area contributed by atoms with Crippen molar-refractivity contribution in [1.82, 2.24) is 5.16 Å². The van der Waals surface area contributed by atoms with Gasteiger partial charge < -0.3 is 24.4 Å². The predicted octanol–water partition coefficient (Wildman–Crippen LogP) is 4.66. The van der Waals surface area contributed by atoms with Crippen molar-refractivity contribution in [2.24, 2.45) is 0 Å². The van der Waals surface area contributed by atoms with Crippen molar-refractivity contribution in [3.63, 3.8) is 0 Å². The summed E-state index contributed by atoms with van der Waals surface area (Å²) >= 11 is 0. The number of nitrogens with one attached hydrogen (secondary N) is 1. The molecule has 7 heteroatoms. The fourth-order valence-corrected chi connectivity index (χ4v) is 4.89. The molecule has 0 saturated carbocycles. The van der Waals surface area contributed by atoms with Crippen LogP contribution in [-0.4, -0.2) is 30.3 Å². The summed E-state index contributed by atoms with van der Waals surface area (Å²) in [5.41, 5.74) is 4.66. The highest BCUT2D eigenvalue weighted by Crippen LogP contribution is 2.51. The first-order chi connectivity index (χ1) is 15.5. The number of nitrogens with zero attached hydrogens (tertiary/aromatic N) is 1. The lowest BCUT2D eigenvalue weighted by atomic mass is 9.72. The molecule has 2 heterocycles. The Bertz CT molecular complexity index is 1240. The monoisotopic (exact) mass is 432 g/mol. The third-order valence-corrected chi connectivity index (χ3v) is 6.39. The van der Waals surface area contributed by atoms with Gasteiger partial charge in [-0.25, -0.2) is 0 Å². The van der Waals surface area contributed by atoms with Gasteiger partial charge in [0.2, 0.25) is 5.88 Å². The Morgan fingerprint density at radius 3 is 2.66 bits per heavy atom. The van der Waals surface area contributed by atoms with Gasteiger partial charge >= 0.3 is 0 Å². The van der Waals surface area contributed by atoms with Gasteiger partial charge in [-0.05, 0) is 31.0 Å². The average Bonchev–Trinajstić information content (AvgIpc) is 3.17. The highest BCUT2D eigenvalue weighted by Gasteiger charge is 2.42. The highest BCUT2D eigenvalue weighted by atomic mass is 16.5. The van der Waals surface area contributed by atoms with Crippen LogP contribution in [-0.2, 0) is 4.79 Å². The van der Waals surface area contributed by atoms with Crippen LogP contribution in [0.2, 0.25) is 0 Å². The van der Waals surface area contributed by atoms with Gasteiger partial charge in [-0.2, -0.15) is 0 Å². The first kappa shape index (κ1) is 20.2. The number of phenols is 1. The molecule has 2 aromatic carbocycles. The number of hydrogen-bond acceptors (Lipinski definition) is 7. The maximum atomic E-state index is 13.6.